The van der Waals surface area contributed by atoms with E-state index in [0.29, 0.717) is 11.8 Å². The van der Waals surface area contributed by atoms with Crippen molar-refractivity contribution in [2.75, 3.05) is 13.1 Å². The number of nitrogens with two attached hydrogens (primary N) is 1. The van der Waals surface area contributed by atoms with Gasteiger partial charge in [-0.25, -0.2) is 0 Å². The summed E-state index contributed by atoms with van der Waals surface area (Å²) in [4.78, 5) is 14.6. The molecule has 2 fully saturated rings. The van der Waals surface area contributed by atoms with Crippen LogP contribution in [-0.4, -0.2) is 29.9 Å². The summed E-state index contributed by atoms with van der Waals surface area (Å²) < 4.78 is 0. The normalized spacial score (nSPS) is 37.2. The summed E-state index contributed by atoms with van der Waals surface area (Å²) in [5.41, 5.74) is 6.45. The van der Waals surface area contributed by atoms with Gasteiger partial charge >= 0.3 is 0 Å². The van der Waals surface area contributed by atoms with E-state index in [0.717, 1.165) is 32.4 Å². The van der Waals surface area contributed by atoms with Gasteiger partial charge in [0.1, 0.15) is 0 Å². The Labute approximate surface area is 105 Å². The average Bonchev–Trinajstić information content (AvgIpc) is 2.58. The largest absolute Gasteiger partial charge is 0.342 e. The molecule has 1 saturated heterocycles. The van der Waals surface area contributed by atoms with E-state index in [1.165, 1.54) is 6.42 Å². The van der Waals surface area contributed by atoms with E-state index in [1.54, 1.807) is 0 Å². The topological polar surface area (TPSA) is 46.3 Å². The second kappa shape index (κ2) is 4.60. The minimum atomic E-state index is 0.0673. The van der Waals surface area contributed by atoms with E-state index in [-0.39, 0.29) is 17.4 Å². The molecule has 3 unspecified atom stereocenters. The second-order valence-electron chi connectivity index (χ2n) is 6.77. The standard InChI is InChI=1S/C14H26N2O/c1-10-5-4-6-11(15)12(10)13(17)16-8-7-14(2,3)9-16/h10-12H,4-9,15H2,1-3H3. The number of likely N-dealkylation sites (tertiary alicyclic amines) is 1. The third-order valence-corrected chi connectivity index (χ3v) is 4.55. The van der Waals surface area contributed by atoms with Crippen molar-refractivity contribution in [1.82, 2.24) is 4.90 Å². The Hall–Kier alpha value is -0.570. The van der Waals surface area contributed by atoms with Crippen LogP contribution in [0.2, 0.25) is 0 Å². The van der Waals surface area contributed by atoms with E-state index in [9.17, 15) is 4.79 Å². The fraction of sp³-hybridized carbons (Fsp3) is 0.929. The molecular weight excluding hydrogens is 212 g/mol. The molecule has 17 heavy (non-hydrogen) atoms. The summed E-state index contributed by atoms with van der Waals surface area (Å²) in [7, 11) is 0. The van der Waals surface area contributed by atoms with Gasteiger partial charge in [0.15, 0.2) is 0 Å². The van der Waals surface area contributed by atoms with Gasteiger partial charge < -0.3 is 10.6 Å². The molecule has 0 radical (unpaired) electrons. The highest BCUT2D eigenvalue weighted by molar-refractivity contribution is 5.80. The van der Waals surface area contributed by atoms with Crippen LogP contribution in [0, 0.1) is 17.3 Å². The molecule has 98 valence electrons. The van der Waals surface area contributed by atoms with E-state index < -0.39 is 0 Å². The molecule has 2 aliphatic rings. The van der Waals surface area contributed by atoms with Gasteiger partial charge in [0, 0.05) is 19.1 Å². The predicted molar refractivity (Wildman–Crippen MR) is 69.5 cm³/mol. The Balaban J connectivity index is 2.04. The molecule has 1 heterocycles. The summed E-state index contributed by atoms with van der Waals surface area (Å²) in [5.74, 6) is 0.836. The van der Waals surface area contributed by atoms with Gasteiger partial charge in [0.05, 0.1) is 5.92 Å². The average molecular weight is 238 g/mol. The van der Waals surface area contributed by atoms with Crippen LogP contribution in [0.25, 0.3) is 0 Å². The SMILES string of the molecule is CC1CCCC(N)C1C(=O)N1CCC(C)(C)C1. The van der Waals surface area contributed by atoms with Crippen molar-refractivity contribution in [3.63, 3.8) is 0 Å². The summed E-state index contributed by atoms with van der Waals surface area (Å²) in [6.45, 7) is 8.49. The van der Waals surface area contributed by atoms with Crippen LogP contribution >= 0.6 is 0 Å². The fourth-order valence-corrected chi connectivity index (χ4v) is 3.39. The molecule has 2 rings (SSSR count). The minimum absolute atomic E-state index is 0.0673. The van der Waals surface area contributed by atoms with Crippen LogP contribution in [0.3, 0.4) is 0 Å². The molecule has 0 aromatic rings. The molecule has 1 saturated carbocycles. The molecule has 3 atom stereocenters. The number of carbonyl (C=O) groups excluding carboxylic acids is 1. The Kier molecular flexibility index (Phi) is 3.48. The van der Waals surface area contributed by atoms with Crippen LogP contribution < -0.4 is 5.73 Å². The summed E-state index contributed by atoms with van der Waals surface area (Å²) in [6.07, 6.45) is 4.46. The van der Waals surface area contributed by atoms with Crippen molar-refractivity contribution in [2.24, 2.45) is 23.0 Å². The predicted octanol–water partition coefficient (Wildman–Crippen LogP) is 2.01. The first-order valence-electron chi connectivity index (χ1n) is 6.95. The van der Waals surface area contributed by atoms with Gasteiger partial charge in [0.2, 0.25) is 5.91 Å². The lowest BCUT2D eigenvalue weighted by Crippen LogP contribution is -2.48. The molecule has 0 aromatic heterocycles. The monoisotopic (exact) mass is 238 g/mol. The quantitative estimate of drug-likeness (QED) is 0.759. The van der Waals surface area contributed by atoms with Gasteiger partial charge in [-0.1, -0.05) is 27.2 Å². The summed E-state index contributed by atoms with van der Waals surface area (Å²) >= 11 is 0. The first-order valence-corrected chi connectivity index (χ1v) is 6.95. The van der Waals surface area contributed by atoms with E-state index in [1.807, 2.05) is 4.90 Å². The molecular formula is C14H26N2O. The zero-order valence-electron chi connectivity index (χ0n) is 11.4. The number of carbonyl (C=O) groups is 1. The van der Waals surface area contributed by atoms with E-state index >= 15 is 0 Å². The zero-order valence-corrected chi connectivity index (χ0v) is 11.4. The molecule has 1 amide bonds. The summed E-state index contributed by atoms with van der Waals surface area (Å²) in [5, 5.41) is 0. The van der Waals surface area contributed by atoms with E-state index in [2.05, 4.69) is 20.8 Å². The first-order chi connectivity index (χ1) is 7.91. The van der Waals surface area contributed by atoms with Crippen LogP contribution in [0.15, 0.2) is 0 Å². The lowest BCUT2D eigenvalue weighted by atomic mass is 9.76. The third-order valence-electron chi connectivity index (χ3n) is 4.55. The van der Waals surface area contributed by atoms with E-state index in [4.69, 9.17) is 5.73 Å². The highest BCUT2D eigenvalue weighted by Gasteiger charge is 2.40. The molecule has 0 spiro atoms. The van der Waals surface area contributed by atoms with Crippen molar-refractivity contribution in [3.8, 4) is 0 Å². The molecule has 0 bridgehead atoms. The maximum absolute atomic E-state index is 12.6. The zero-order chi connectivity index (χ0) is 12.6. The Morgan fingerprint density at radius 3 is 2.59 bits per heavy atom. The smallest absolute Gasteiger partial charge is 0.227 e. The maximum atomic E-state index is 12.6. The molecule has 0 aromatic carbocycles. The van der Waals surface area contributed by atoms with Gasteiger partial charge in [-0.15, -0.1) is 0 Å². The number of rotatable bonds is 1. The Morgan fingerprint density at radius 1 is 1.35 bits per heavy atom. The maximum Gasteiger partial charge on any atom is 0.227 e. The van der Waals surface area contributed by atoms with Crippen molar-refractivity contribution < 1.29 is 4.79 Å². The first kappa shape index (κ1) is 12.9. The Bertz CT molecular complexity index is 291. The minimum Gasteiger partial charge on any atom is -0.342 e. The highest BCUT2D eigenvalue weighted by Crippen LogP contribution is 2.34. The molecule has 2 N–H and O–H groups in total. The lowest BCUT2D eigenvalue weighted by molar-refractivity contribution is -0.138. The molecule has 1 aliphatic heterocycles. The van der Waals surface area contributed by atoms with Crippen LogP contribution in [-0.2, 0) is 4.79 Å². The molecule has 3 heteroatoms. The third kappa shape index (κ3) is 2.65. The van der Waals surface area contributed by atoms with Gasteiger partial charge in [-0.05, 0) is 30.6 Å². The number of hydrogen-bond donors (Lipinski definition) is 1. The Morgan fingerprint density at radius 2 is 2.06 bits per heavy atom. The second-order valence-corrected chi connectivity index (χ2v) is 6.77. The lowest BCUT2D eigenvalue weighted by Gasteiger charge is -2.36. The molecule has 3 nitrogen and oxygen atoms in total. The number of nitrogens with zero attached hydrogens (tertiary/aromatic N) is 1. The molecule has 1 aliphatic carbocycles. The number of amides is 1. The van der Waals surface area contributed by atoms with Crippen LogP contribution in [0.4, 0.5) is 0 Å². The van der Waals surface area contributed by atoms with Crippen LogP contribution in [0.1, 0.15) is 46.5 Å². The van der Waals surface area contributed by atoms with Crippen molar-refractivity contribution in [2.45, 2.75) is 52.5 Å². The number of hydrogen-bond acceptors (Lipinski definition) is 2. The summed E-state index contributed by atoms with van der Waals surface area (Å²) in [6, 6.07) is 0.0787. The van der Waals surface area contributed by atoms with Gasteiger partial charge in [-0.2, -0.15) is 0 Å². The fourth-order valence-electron chi connectivity index (χ4n) is 3.39. The van der Waals surface area contributed by atoms with Crippen molar-refractivity contribution >= 4 is 5.91 Å². The van der Waals surface area contributed by atoms with Crippen molar-refractivity contribution in [1.29, 1.82) is 0 Å². The van der Waals surface area contributed by atoms with Crippen LogP contribution in [0.5, 0.6) is 0 Å². The highest BCUT2D eigenvalue weighted by atomic mass is 16.2. The van der Waals surface area contributed by atoms with Gasteiger partial charge in [0.25, 0.3) is 0 Å². The van der Waals surface area contributed by atoms with Gasteiger partial charge in [-0.3, -0.25) is 4.79 Å². The van der Waals surface area contributed by atoms with Crippen molar-refractivity contribution in [3.05, 3.63) is 0 Å².